The van der Waals surface area contributed by atoms with Gasteiger partial charge in [0.05, 0.1) is 11.4 Å². The first-order chi connectivity index (χ1) is 14.7. The fourth-order valence-corrected chi connectivity index (χ4v) is 4.18. The number of rotatable bonds is 6. The van der Waals surface area contributed by atoms with Crippen molar-refractivity contribution in [3.05, 3.63) is 84.1 Å². The molecule has 0 radical (unpaired) electrons. The largest absolute Gasteiger partial charge is 0.342 e. The van der Waals surface area contributed by atoms with Crippen molar-refractivity contribution in [3.63, 3.8) is 0 Å². The number of benzene rings is 2. The van der Waals surface area contributed by atoms with Crippen LogP contribution in [0.5, 0.6) is 0 Å². The Labute approximate surface area is 176 Å². The molecule has 0 unspecified atom stereocenters. The Bertz CT molecular complexity index is 992. The van der Waals surface area contributed by atoms with Crippen molar-refractivity contribution in [2.45, 2.75) is 38.0 Å². The molecule has 5 heteroatoms. The summed E-state index contributed by atoms with van der Waals surface area (Å²) in [6.07, 6.45) is 7.53. The Morgan fingerprint density at radius 1 is 1.07 bits per heavy atom. The summed E-state index contributed by atoms with van der Waals surface area (Å²) in [5.41, 5.74) is 3.55. The normalized spacial score (nSPS) is 16.4. The highest BCUT2D eigenvalue weighted by Crippen LogP contribution is 2.32. The van der Waals surface area contributed by atoms with Gasteiger partial charge in [-0.05, 0) is 43.4 Å². The fraction of sp³-hybridized carbons (Fsp3) is 0.320. The molecule has 1 aliphatic heterocycles. The molecule has 3 aromatic rings. The zero-order chi connectivity index (χ0) is 20.8. The van der Waals surface area contributed by atoms with E-state index in [4.69, 9.17) is 0 Å². The van der Waals surface area contributed by atoms with Crippen LogP contribution in [-0.4, -0.2) is 33.9 Å². The summed E-state index contributed by atoms with van der Waals surface area (Å²) in [6, 6.07) is 16.7. The Kier molecular flexibility index (Phi) is 6.47. The van der Waals surface area contributed by atoms with Crippen molar-refractivity contribution in [1.29, 1.82) is 0 Å². The molecule has 0 saturated carbocycles. The van der Waals surface area contributed by atoms with Gasteiger partial charge in [0.25, 0.3) is 0 Å². The van der Waals surface area contributed by atoms with Gasteiger partial charge in [0.1, 0.15) is 5.82 Å². The molecule has 2 aromatic carbocycles. The first kappa shape index (κ1) is 20.2. The molecule has 1 amide bonds. The van der Waals surface area contributed by atoms with Gasteiger partial charge in [-0.15, -0.1) is 0 Å². The number of amides is 1. The van der Waals surface area contributed by atoms with E-state index in [0.717, 1.165) is 43.5 Å². The van der Waals surface area contributed by atoms with Crippen LogP contribution < -0.4 is 0 Å². The molecular formula is C25H26FN3O. The van der Waals surface area contributed by atoms with Crippen LogP contribution >= 0.6 is 0 Å². The van der Waals surface area contributed by atoms with Gasteiger partial charge < -0.3 is 4.90 Å². The highest BCUT2D eigenvalue weighted by Gasteiger charge is 2.27. The molecule has 1 fully saturated rings. The highest BCUT2D eigenvalue weighted by molar-refractivity contribution is 5.76. The maximum Gasteiger partial charge on any atom is 0.222 e. The number of hydrogen-bond donors (Lipinski definition) is 0. The van der Waals surface area contributed by atoms with Gasteiger partial charge in [0, 0.05) is 43.4 Å². The van der Waals surface area contributed by atoms with Crippen LogP contribution in [0, 0.1) is 5.82 Å². The minimum Gasteiger partial charge on any atom is -0.342 e. The lowest BCUT2D eigenvalue weighted by molar-refractivity contribution is -0.132. The zero-order valence-electron chi connectivity index (χ0n) is 17.0. The van der Waals surface area contributed by atoms with Crippen LogP contribution in [0.1, 0.15) is 42.9 Å². The topological polar surface area (TPSA) is 46.1 Å². The first-order valence-electron chi connectivity index (χ1n) is 10.6. The van der Waals surface area contributed by atoms with Crippen molar-refractivity contribution in [2.24, 2.45) is 0 Å². The molecular weight excluding hydrogens is 377 g/mol. The second kappa shape index (κ2) is 9.61. The molecule has 1 aromatic heterocycles. The minimum absolute atomic E-state index is 0.115. The Morgan fingerprint density at radius 3 is 2.73 bits per heavy atom. The Morgan fingerprint density at radius 2 is 1.90 bits per heavy atom. The number of aryl methyl sites for hydroxylation is 1. The summed E-state index contributed by atoms with van der Waals surface area (Å²) >= 11 is 0. The number of likely N-dealkylation sites (tertiary alicyclic amines) is 1. The van der Waals surface area contributed by atoms with Gasteiger partial charge in [-0.25, -0.2) is 4.39 Å². The summed E-state index contributed by atoms with van der Waals surface area (Å²) in [6.45, 7) is 1.43. The second-order valence-electron chi connectivity index (χ2n) is 7.82. The van der Waals surface area contributed by atoms with E-state index in [1.54, 1.807) is 18.5 Å². The van der Waals surface area contributed by atoms with E-state index in [1.165, 1.54) is 17.7 Å². The van der Waals surface area contributed by atoms with Crippen LogP contribution in [0.15, 0.2) is 67.0 Å². The Balaban J connectivity index is 1.42. The molecule has 1 aliphatic rings. The number of carbonyl (C=O) groups excluding carboxylic acids is 1. The van der Waals surface area contributed by atoms with E-state index in [0.29, 0.717) is 18.7 Å². The van der Waals surface area contributed by atoms with Gasteiger partial charge in [-0.2, -0.15) is 0 Å². The third kappa shape index (κ3) is 4.90. The lowest BCUT2D eigenvalue weighted by atomic mass is 9.91. The van der Waals surface area contributed by atoms with Gasteiger partial charge >= 0.3 is 0 Å². The standard InChI is InChI=1S/C25H26FN3O/c26-22-12-5-10-20(17-22)24-25(28-15-14-27-24)21-11-6-16-29(18-21)23(30)13-4-9-19-7-2-1-3-8-19/h1-3,5,7-8,10,12,14-15,17,21H,4,6,9,11,13,16,18H2/t21-/m0/s1. The van der Waals surface area contributed by atoms with Crippen LogP contribution in [0.4, 0.5) is 4.39 Å². The predicted molar refractivity (Wildman–Crippen MR) is 115 cm³/mol. The fourth-order valence-electron chi connectivity index (χ4n) is 4.18. The van der Waals surface area contributed by atoms with Crippen molar-refractivity contribution >= 4 is 5.91 Å². The molecule has 0 aliphatic carbocycles. The number of nitrogens with zero attached hydrogens (tertiary/aromatic N) is 3. The van der Waals surface area contributed by atoms with Crippen molar-refractivity contribution in [2.75, 3.05) is 13.1 Å². The molecule has 30 heavy (non-hydrogen) atoms. The number of carbonyl (C=O) groups is 1. The van der Waals surface area contributed by atoms with E-state index < -0.39 is 0 Å². The van der Waals surface area contributed by atoms with Gasteiger partial charge in [-0.3, -0.25) is 14.8 Å². The first-order valence-corrected chi connectivity index (χ1v) is 10.6. The quantitative estimate of drug-likeness (QED) is 0.581. The van der Waals surface area contributed by atoms with Gasteiger partial charge in [0.2, 0.25) is 5.91 Å². The molecule has 4 nitrogen and oxygen atoms in total. The lowest BCUT2D eigenvalue weighted by Gasteiger charge is -2.33. The van der Waals surface area contributed by atoms with E-state index in [2.05, 4.69) is 22.1 Å². The maximum atomic E-state index is 13.7. The van der Waals surface area contributed by atoms with Gasteiger partial charge in [-0.1, -0.05) is 42.5 Å². The monoisotopic (exact) mass is 403 g/mol. The van der Waals surface area contributed by atoms with Crippen LogP contribution in [0.25, 0.3) is 11.3 Å². The highest BCUT2D eigenvalue weighted by atomic mass is 19.1. The predicted octanol–water partition coefficient (Wildman–Crippen LogP) is 5.01. The summed E-state index contributed by atoms with van der Waals surface area (Å²) in [7, 11) is 0. The molecule has 154 valence electrons. The SMILES string of the molecule is O=C(CCCc1ccccc1)N1CCC[C@H](c2nccnc2-c2cccc(F)c2)C1. The third-order valence-electron chi connectivity index (χ3n) is 5.68. The summed E-state index contributed by atoms with van der Waals surface area (Å²) in [5.74, 6) is 0.0265. The van der Waals surface area contributed by atoms with Crippen LogP contribution in [0.3, 0.4) is 0 Å². The number of hydrogen-bond acceptors (Lipinski definition) is 3. The van der Waals surface area contributed by atoms with E-state index in [9.17, 15) is 9.18 Å². The molecule has 2 heterocycles. The molecule has 1 saturated heterocycles. The number of piperidine rings is 1. The van der Waals surface area contributed by atoms with E-state index in [-0.39, 0.29) is 17.6 Å². The lowest BCUT2D eigenvalue weighted by Crippen LogP contribution is -2.39. The molecule has 4 rings (SSSR count). The average molecular weight is 404 g/mol. The van der Waals surface area contributed by atoms with E-state index >= 15 is 0 Å². The van der Waals surface area contributed by atoms with Crippen molar-refractivity contribution in [1.82, 2.24) is 14.9 Å². The summed E-state index contributed by atoms with van der Waals surface area (Å²) in [4.78, 5) is 23.8. The third-order valence-corrected chi connectivity index (χ3v) is 5.68. The molecule has 0 bridgehead atoms. The van der Waals surface area contributed by atoms with Crippen molar-refractivity contribution in [3.8, 4) is 11.3 Å². The summed E-state index contributed by atoms with van der Waals surface area (Å²) < 4.78 is 13.7. The maximum absolute atomic E-state index is 13.7. The van der Waals surface area contributed by atoms with Crippen molar-refractivity contribution < 1.29 is 9.18 Å². The van der Waals surface area contributed by atoms with Crippen LogP contribution in [0.2, 0.25) is 0 Å². The van der Waals surface area contributed by atoms with Crippen LogP contribution in [-0.2, 0) is 11.2 Å². The Hall–Kier alpha value is -3.08. The molecule has 1 atom stereocenters. The molecule has 0 spiro atoms. The summed E-state index contributed by atoms with van der Waals surface area (Å²) in [5, 5.41) is 0. The molecule has 0 N–H and O–H groups in total. The van der Waals surface area contributed by atoms with E-state index in [1.807, 2.05) is 29.2 Å². The zero-order valence-corrected chi connectivity index (χ0v) is 17.0. The average Bonchev–Trinajstić information content (AvgIpc) is 2.80. The van der Waals surface area contributed by atoms with Gasteiger partial charge in [0.15, 0.2) is 0 Å². The minimum atomic E-state index is -0.289. The smallest absolute Gasteiger partial charge is 0.222 e. The second-order valence-corrected chi connectivity index (χ2v) is 7.82. The number of halogens is 1. The number of aromatic nitrogens is 2.